The molecule has 0 aliphatic heterocycles. The minimum absolute atomic E-state index is 0.0246. The van der Waals surface area contributed by atoms with E-state index in [2.05, 4.69) is 9.72 Å². The molecule has 0 spiro atoms. The number of hydrogen-bond acceptors (Lipinski definition) is 5. The first-order valence-electron chi connectivity index (χ1n) is 9.33. The minimum Gasteiger partial charge on any atom is -0.462 e. The summed E-state index contributed by atoms with van der Waals surface area (Å²) in [5, 5.41) is 0. The van der Waals surface area contributed by atoms with Crippen LogP contribution in [0.2, 0.25) is 0 Å². The smallest absolute Gasteiger partial charge is 0.387 e. The number of fused-ring (bicyclic) bond motifs is 3. The molecule has 0 N–H and O–H groups in total. The molecule has 2 aromatic carbocycles. The molecule has 30 heavy (non-hydrogen) atoms. The fourth-order valence-electron chi connectivity index (χ4n) is 3.69. The number of ether oxygens (including phenoxy) is 2. The molecular formula is C23H17F2NO4. The van der Waals surface area contributed by atoms with Crippen molar-refractivity contribution in [2.45, 2.75) is 20.5 Å². The maximum Gasteiger partial charge on any atom is 0.387 e. The molecular weight excluding hydrogens is 392 g/mol. The van der Waals surface area contributed by atoms with E-state index in [0.717, 1.165) is 0 Å². The van der Waals surface area contributed by atoms with E-state index in [4.69, 9.17) is 4.74 Å². The fourth-order valence-corrected chi connectivity index (χ4v) is 3.69. The van der Waals surface area contributed by atoms with Gasteiger partial charge in [0, 0.05) is 16.7 Å². The van der Waals surface area contributed by atoms with Crippen LogP contribution in [0.5, 0.6) is 5.75 Å². The molecule has 0 fully saturated rings. The Balaban J connectivity index is 1.97. The minimum atomic E-state index is -2.95. The molecule has 5 nitrogen and oxygen atoms in total. The average Bonchev–Trinajstić information content (AvgIpc) is 2.99. The van der Waals surface area contributed by atoms with Crippen LogP contribution in [0, 0.1) is 6.92 Å². The van der Waals surface area contributed by atoms with Crippen LogP contribution >= 0.6 is 0 Å². The first-order valence-corrected chi connectivity index (χ1v) is 9.33. The summed E-state index contributed by atoms with van der Waals surface area (Å²) in [4.78, 5) is 30.5. The van der Waals surface area contributed by atoms with Crippen LogP contribution in [0.1, 0.15) is 38.9 Å². The molecule has 3 aromatic rings. The molecule has 152 valence electrons. The van der Waals surface area contributed by atoms with Gasteiger partial charge in [0.25, 0.3) is 0 Å². The van der Waals surface area contributed by atoms with Crippen LogP contribution < -0.4 is 4.74 Å². The molecule has 1 heterocycles. The number of aryl methyl sites for hydroxylation is 1. The normalized spacial score (nSPS) is 12.0. The van der Waals surface area contributed by atoms with Crippen LogP contribution in [-0.2, 0) is 4.74 Å². The molecule has 1 aliphatic rings. The van der Waals surface area contributed by atoms with Crippen LogP contribution in [0.3, 0.4) is 0 Å². The van der Waals surface area contributed by atoms with Crippen molar-refractivity contribution in [1.29, 1.82) is 0 Å². The largest absolute Gasteiger partial charge is 0.462 e. The molecule has 1 aromatic heterocycles. The summed E-state index contributed by atoms with van der Waals surface area (Å²) in [6, 6.07) is 12.9. The predicted molar refractivity (Wildman–Crippen MR) is 106 cm³/mol. The summed E-state index contributed by atoms with van der Waals surface area (Å²) in [6.45, 7) is 0.569. The van der Waals surface area contributed by atoms with Crippen LogP contribution in [0.4, 0.5) is 8.78 Å². The van der Waals surface area contributed by atoms with Gasteiger partial charge in [-0.3, -0.25) is 9.78 Å². The maximum absolute atomic E-state index is 13.2. The third-order valence-electron chi connectivity index (χ3n) is 4.88. The van der Waals surface area contributed by atoms with E-state index in [1.54, 1.807) is 32.0 Å². The topological polar surface area (TPSA) is 65.5 Å². The van der Waals surface area contributed by atoms with E-state index in [9.17, 15) is 18.4 Å². The van der Waals surface area contributed by atoms with Crippen molar-refractivity contribution in [3.05, 3.63) is 70.9 Å². The van der Waals surface area contributed by atoms with Gasteiger partial charge in [-0.25, -0.2) is 4.79 Å². The number of carbonyl (C=O) groups excluding carboxylic acids is 2. The highest BCUT2D eigenvalue weighted by Gasteiger charge is 2.35. The Morgan fingerprint density at radius 2 is 1.70 bits per heavy atom. The lowest BCUT2D eigenvalue weighted by atomic mass is 9.92. The number of halogens is 2. The summed E-state index contributed by atoms with van der Waals surface area (Å²) < 4.78 is 34.6. The van der Waals surface area contributed by atoms with Crippen molar-refractivity contribution in [3.8, 4) is 28.1 Å². The van der Waals surface area contributed by atoms with Crippen LogP contribution in [-0.4, -0.2) is 30.0 Å². The lowest BCUT2D eigenvalue weighted by Gasteiger charge is -2.16. The summed E-state index contributed by atoms with van der Waals surface area (Å²) in [5.41, 5.74) is 3.45. The summed E-state index contributed by atoms with van der Waals surface area (Å²) in [7, 11) is 0. The van der Waals surface area contributed by atoms with Crippen LogP contribution in [0.15, 0.2) is 48.5 Å². The zero-order valence-electron chi connectivity index (χ0n) is 16.2. The molecule has 0 unspecified atom stereocenters. The van der Waals surface area contributed by atoms with Gasteiger partial charge in [0.05, 0.1) is 29.1 Å². The van der Waals surface area contributed by atoms with E-state index in [-0.39, 0.29) is 23.7 Å². The van der Waals surface area contributed by atoms with Gasteiger partial charge in [0.1, 0.15) is 5.75 Å². The highest BCUT2D eigenvalue weighted by Crippen LogP contribution is 2.43. The predicted octanol–water partition coefficient (Wildman–Crippen LogP) is 5.05. The zero-order chi connectivity index (χ0) is 21.4. The van der Waals surface area contributed by atoms with Crippen molar-refractivity contribution in [1.82, 2.24) is 4.98 Å². The van der Waals surface area contributed by atoms with Gasteiger partial charge in [0.15, 0.2) is 5.78 Å². The van der Waals surface area contributed by atoms with Gasteiger partial charge in [-0.05, 0) is 31.5 Å². The first kappa shape index (κ1) is 19.7. The molecule has 0 saturated carbocycles. The Bertz CT molecular complexity index is 1160. The third-order valence-corrected chi connectivity index (χ3v) is 4.88. The molecule has 4 rings (SSSR count). The SMILES string of the molecule is CCOC(=O)c1c(C)nc2c(c1-c1ccc(OC(F)F)cc1)C(=O)c1ccccc1-2. The lowest BCUT2D eigenvalue weighted by molar-refractivity contribution is -0.0498. The molecule has 0 atom stereocenters. The molecule has 0 saturated heterocycles. The third kappa shape index (κ3) is 3.22. The Morgan fingerprint density at radius 1 is 1.03 bits per heavy atom. The van der Waals surface area contributed by atoms with Gasteiger partial charge in [-0.15, -0.1) is 0 Å². The number of rotatable bonds is 5. The van der Waals surface area contributed by atoms with E-state index >= 15 is 0 Å². The van der Waals surface area contributed by atoms with Gasteiger partial charge >= 0.3 is 12.6 Å². The highest BCUT2D eigenvalue weighted by atomic mass is 19.3. The first-order chi connectivity index (χ1) is 14.4. The lowest BCUT2D eigenvalue weighted by Crippen LogP contribution is -2.13. The van der Waals surface area contributed by atoms with Gasteiger partial charge in [0.2, 0.25) is 0 Å². The summed E-state index contributed by atoms with van der Waals surface area (Å²) in [5.74, 6) is -0.873. The fraction of sp³-hybridized carbons (Fsp3) is 0.174. The second-order valence-corrected chi connectivity index (χ2v) is 6.67. The van der Waals surface area contributed by atoms with Crippen molar-refractivity contribution in [2.24, 2.45) is 0 Å². The van der Waals surface area contributed by atoms with Crippen LogP contribution in [0.25, 0.3) is 22.4 Å². The molecule has 0 bridgehead atoms. The number of pyridine rings is 1. The average molecular weight is 409 g/mol. The molecule has 0 amide bonds. The Labute approximate surface area is 171 Å². The Morgan fingerprint density at radius 3 is 2.33 bits per heavy atom. The number of esters is 1. The quantitative estimate of drug-likeness (QED) is 0.432. The Kier molecular flexibility index (Phi) is 5.03. The van der Waals surface area contributed by atoms with Crippen molar-refractivity contribution in [2.75, 3.05) is 6.61 Å². The highest BCUT2D eigenvalue weighted by molar-refractivity contribution is 6.25. The van der Waals surface area contributed by atoms with Crippen molar-refractivity contribution >= 4 is 11.8 Å². The van der Waals surface area contributed by atoms with E-state index < -0.39 is 12.6 Å². The summed E-state index contributed by atoms with van der Waals surface area (Å²) >= 11 is 0. The molecule has 0 radical (unpaired) electrons. The van der Waals surface area contributed by atoms with Gasteiger partial charge in [-0.2, -0.15) is 8.78 Å². The number of alkyl halides is 2. The second kappa shape index (κ2) is 7.67. The number of ketones is 1. The number of carbonyl (C=O) groups is 2. The number of hydrogen-bond donors (Lipinski definition) is 0. The molecule has 1 aliphatic carbocycles. The van der Waals surface area contributed by atoms with Crippen molar-refractivity contribution < 1.29 is 27.8 Å². The van der Waals surface area contributed by atoms with E-state index in [1.165, 1.54) is 24.3 Å². The number of benzene rings is 2. The summed E-state index contributed by atoms with van der Waals surface area (Å²) in [6.07, 6.45) is 0. The monoisotopic (exact) mass is 409 g/mol. The van der Waals surface area contributed by atoms with Gasteiger partial charge in [-0.1, -0.05) is 36.4 Å². The van der Waals surface area contributed by atoms with Crippen molar-refractivity contribution in [3.63, 3.8) is 0 Å². The Hall–Kier alpha value is -3.61. The van der Waals surface area contributed by atoms with Gasteiger partial charge < -0.3 is 9.47 Å². The van der Waals surface area contributed by atoms with E-state index in [1.807, 2.05) is 6.07 Å². The standard InChI is InChI=1S/C23H17F2NO4/c1-3-29-22(28)17-12(2)26-20-15-6-4-5-7-16(15)21(27)19(20)18(17)13-8-10-14(11-9-13)30-23(24)25/h4-11,23H,3H2,1-2H3. The number of nitrogens with zero attached hydrogens (tertiary/aromatic N) is 1. The maximum atomic E-state index is 13.2. The molecule has 7 heteroatoms. The van der Waals surface area contributed by atoms with E-state index in [0.29, 0.717) is 39.2 Å². The second-order valence-electron chi connectivity index (χ2n) is 6.67. The zero-order valence-corrected chi connectivity index (χ0v) is 16.2. The number of aromatic nitrogens is 1.